The Morgan fingerprint density at radius 2 is 2.14 bits per heavy atom. The Hall–Kier alpha value is -2.13. The first-order valence-corrected chi connectivity index (χ1v) is 7.07. The van der Waals surface area contributed by atoms with E-state index in [9.17, 15) is 4.79 Å². The van der Waals surface area contributed by atoms with E-state index >= 15 is 0 Å². The summed E-state index contributed by atoms with van der Waals surface area (Å²) in [5.74, 6) is 0.636. The van der Waals surface area contributed by atoms with Crippen molar-refractivity contribution in [3.63, 3.8) is 0 Å². The van der Waals surface area contributed by atoms with E-state index in [0.717, 1.165) is 15.7 Å². The first-order chi connectivity index (χ1) is 9.97. The molecule has 108 valence electrons. The Morgan fingerprint density at radius 1 is 1.43 bits per heavy atom. The number of ether oxygens (including phenoxy) is 1. The average molecular weight is 348 g/mol. The quantitative estimate of drug-likeness (QED) is 0.855. The zero-order valence-corrected chi connectivity index (χ0v) is 13.6. The summed E-state index contributed by atoms with van der Waals surface area (Å²) in [6.45, 7) is 3.93. The Morgan fingerprint density at radius 3 is 2.76 bits per heavy atom. The highest BCUT2D eigenvalue weighted by Crippen LogP contribution is 2.22. The largest absolute Gasteiger partial charge is 0.496 e. The summed E-state index contributed by atoms with van der Waals surface area (Å²) >= 11 is 3.44. The van der Waals surface area contributed by atoms with Gasteiger partial charge in [-0.05, 0) is 48.0 Å². The van der Waals surface area contributed by atoms with Crippen molar-refractivity contribution in [3.8, 4) is 11.8 Å². The van der Waals surface area contributed by atoms with Crippen LogP contribution in [-0.4, -0.2) is 16.7 Å². The number of rotatable bonds is 3. The number of aromatic nitrogens is 2. The van der Waals surface area contributed by atoms with E-state index in [0.29, 0.717) is 23.6 Å². The monoisotopic (exact) mass is 347 g/mol. The topological polar surface area (TPSA) is 67.9 Å². The molecule has 1 aromatic heterocycles. The van der Waals surface area contributed by atoms with Crippen molar-refractivity contribution >= 4 is 15.9 Å². The van der Waals surface area contributed by atoms with Gasteiger partial charge in [0.2, 0.25) is 0 Å². The van der Waals surface area contributed by atoms with E-state index in [1.807, 2.05) is 6.92 Å². The Labute approximate surface area is 130 Å². The van der Waals surface area contributed by atoms with Gasteiger partial charge in [-0.15, -0.1) is 0 Å². The molecule has 0 aliphatic heterocycles. The normalized spacial score (nSPS) is 10.2. The highest BCUT2D eigenvalue weighted by Gasteiger charge is 2.12. The maximum atomic E-state index is 12.1. The molecule has 21 heavy (non-hydrogen) atoms. The third-order valence-electron chi connectivity index (χ3n) is 3.27. The van der Waals surface area contributed by atoms with Gasteiger partial charge in [0, 0.05) is 11.3 Å². The number of hydrogen-bond acceptors (Lipinski definition) is 4. The van der Waals surface area contributed by atoms with Crippen molar-refractivity contribution in [3.05, 3.63) is 55.7 Å². The van der Waals surface area contributed by atoms with Crippen molar-refractivity contribution in [2.45, 2.75) is 20.4 Å². The maximum Gasteiger partial charge on any atom is 0.348 e. The minimum Gasteiger partial charge on any atom is -0.496 e. The minimum absolute atomic E-state index is 0.301. The second-order valence-electron chi connectivity index (χ2n) is 4.60. The van der Waals surface area contributed by atoms with Crippen LogP contribution in [0.5, 0.6) is 5.75 Å². The number of aryl methyl sites for hydroxylation is 1. The van der Waals surface area contributed by atoms with Crippen molar-refractivity contribution in [2.75, 3.05) is 7.11 Å². The molecule has 0 amide bonds. The van der Waals surface area contributed by atoms with Crippen LogP contribution in [0.15, 0.2) is 27.5 Å². The molecule has 0 atom stereocenters. The predicted molar refractivity (Wildman–Crippen MR) is 82.5 cm³/mol. The Kier molecular flexibility index (Phi) is 4.43. The Bertz CT molecular complexity index is 791. The molecule has 0 aliphatic rings. The third-order valence-corrected chi connectivity index (χ3v) is 4.42. The molecule has 0 radical (unpaired) electrons. The van der Waals surface area contributed by atoms with Crippen molar-refractivity contribution in [2.24, 2.45) is 0 Å². The molecule has 0 unspecified atom stereocenters. The van der Waals surface area contributed by atoms with Gasteiger partial charge in [0.1, 0.15) is 5.75 Å². The lowest BCUT2D eigenvalue weighted by Crippen LogP contribution is -2.27. The molecule has 0 bridgehead atoms. The molecule has 1 aromatic carbocycles. The van der Waals surface area contributed by atoms with Crippen LogP contribution >= 0.6 is 15.9 Å². The van der Waals surface area contributed by atoms with Gasteiger partial charge >= 0.3 is 5.69 Å². The van der Waals surface area contributed by atoms with Gasteiger partial charge in [-0.3, -0.25) is 4.57 Å². The summed E-state index contributed by atoms with van der Waals surface area (Å²) in [5.41, 5.74) is 2.41. The van der Waals surface area contributed by atoms with E-state index in [1.165, 1.54) is 0 Å². The molecule has 0 saturated carbocycles. The van der Waals surface area contributed by atoms with E-state index in [-0.39, 0.29) is 5.69 Å². The van der Waals surface area contributed by atoms with Crippen LogP contribution in [-0.2, 0) is 6.54 Å². The van der Waals surface area contributed by atoms with E-state index in [2.05, 4.69) is 27.0 Å². The third kappa shape index (κ3) is 2.98. The van der Waals surface area contributed by atoms with Crippen LogP contribution in [0.2, 0.25) is 0 Å². The SMILES string of the molecule is COc1ccc(C#N)cc1Cn1c(C)c(Br)c(C)nc1=O. The number of nitriles is 1. The highest BCUT2D eigenvalue weighted by atomic mass is 79.9. The summed E-state index contributed by atoms with van der Waals surface area (Å²) in [7, 11) is 1.56. The maximum absolute atomic E-state index is 12.1. The molecule has 0 spiro atoms. The second-order valence-corrected chi connectivity index (χ2v) is 5.40. The second kappa shape index (κ2) is 6.10. The highest BCUT2D eigenvalue weighted by molar-refractivity contribution is 9.10. The zero-order chi connectivity index (χ0) is 15.6. The molecule has 0 saturated heterocycles. The van der Waals surface area contributed by atoms with Gasteiger partial charge in [0.25, 0.3) is 0 Å². The molecule has 0 fully saturated rings. The van der Waals surface area contributed by atoms with Gasteiger partial charge in [0.05, 0.1) is 35.5 Å². The summed E-state index contributed by atoms with van der Waals surface area (Å²) in [6.07, 6.45) is 0. The average Bonchev–Trinajstić information content (AvgIpc) is 2.49. The van der Waals surface area contributed by atoms with Crippen LogP contribution in [0.3, 0.4) is 0 Å². The summed E-state index contributed by atoms with van der Waals surface area (Å²) in [4.78, 5) is 16.1. The van der Waals surface area contributed by atoms with Crippen LogP contribution in [0.4, 0.5) is 0 Å². The van der Waals surface area contributed by atoms with Crippen molar-refractivity contribution < 1.29 is 4.74 Å². The van der Waals surface area contributed by atoms with Crippen LogP contribution in [0.1, 0.15) is 22.5 Å². The molecule has 2 aromatic rings. The van der Waals surface area contributed by atoms with E-state index in [4.69, 9.17) is 10.00 Å². The molecule has 6 heteroatoms. The molecular weight excluding hydrogens is 334 g/mol. The lowest BCUT2D eigenvalue weighted by Gasteiger charge is -2.14. The summed E-state index contributed by atoms with van der Waals surface area (Å²) < 4.78 is 7.65. The molecule has 5 nitrogen and oxygen atoms in total. The number of benzene rings is 1. The van der Waals surface area contributed by atoms with Crippen molar-refractivity contribution in [1.29, 1.82) is 5.26 Å². The Balaban J connectivity index is 2.56. The van der Waals surface area contributed by atoms with Gasteiger partial charge in [-0.1, -0.05) is 0 Å². The molecule has 1 heterocycles. The van der Waals surface area contributed by atoms with Gasteiger partial charge in [-0.25, -0.2) is 4.79 Å². The lowest BCUT2D eigenvalue weighted by molar-refractivity contribution is 0.407. The fourth-order valence-electron chi connectivity index (χ4n) is 2.10. The van der Waals surface area contributed by atoms with E-state index in [1.54, 1.807) is 36.8 Å². The first kappa shape index (κ1) is 15.3. The van der Waals surface area contributed by atoms with Gasteiger partial charge in [-0.2, -0.15) is 10.2 Å². The first-order valence-electron chi connectivity index (χ1n) is 6.28. The number of halogens is 1. The van der Waals surface area contributed by atoms with Crippen LogP contribution < -0.4 is 10.4 Å². The summed E-state index contributed by atoms with van der Waals surface area (Å²) in [6, 6.07) is 7.22. The van der Waals surface area contributed by atoms with Gasteiger partial charge in [0.15, 0.2) is 0 Å². The smallest absolute Gasteiger partial charge is 0.348 e. The minimum atomic E-state index is -0.322. The molecular formula is C15H14BrN3O2. The molecule has 0 aliphatic carbocycles. The predicted octanol–water partition coefficient (Wildman–Crippen LogP) is 2.55. The summed E-state index contributed by atoms with van der Waals surface area (Å²) in [5, 5.41) is 9.00. The van der Waals surface area contributed by atoms with Crippen LogP contribution in [0.25, 0.3) is 0 Å². The molecule has 2 rings (SSSR count). The zero-order valence-electron chi connectivity index (χ0n) is 12.0. The van der Waals surface area contributed by atoms with Gasteiger partial charge < -0.3 is 4.74 Å². The lowest BCUT2D eigenvalue weighted by atomic mass is 10.1. The fourth-order valence-corrected chi connectivity index (χ4v) is 2.41. The van der Waals surface area contributed by atoms with E-state index < -0.39 is 0 Å². The fraction of sp³-hybridized carbons (Fsp3) is 0.267. The number of nitrogens with zero attached hydrogens (tertiary/aromatic N) is 3. The molecule has 0 N–H and O–H groups in total. The van der Waals surface area contributed by atoms with Crippen LogP contribution in [0, 0.1) is 25.2 Å². The standard InChI is InChI=1S/C15H14BrN3O2/c1-9-14(16)10(2)19(15(20)18-9)8-12-6-11(7-17)4-5-13(12)21-3/h4-6H,8H2,1-3H3. The number of hydrogen-bond donors (Lipinski definition) is 0. The van der Waals surface area contributed by atoms with Crippen molar-refractivity contribution in [1.82, 2.24) is 9.55 Å². The number of methoxy groups -OCH3 is 1.